The molecule has 116 valence electrons. The first-order chi connectivity index (χ1) is 10.2. The second-order valence-electron chi connectivity index (χ2n) is 5.39. The Bertz CT molecular complexity index is 477. The summed E-state index contributed by atoms with van der Waals surface area (Å²) in [5, 5.41) is 0. The standard InChI is InChI=1S/C16H25N3O2/c1-2-21-12-11-19-10-4-5-13-8-9-14(18-16(13)19)6-3-7-15(17)20/h8-9H,2-7,10-12H2,1H3,(H2,17,20). The first-order valence-corrected chi connectivity index (χ1v) is 7.80. The van der Waals surface area contributed by atoms with Crippen LogP contribution >= 0.6 is 0 Å². The largest absolute Gasteiger partial charge is 0.380 e. The van der Waals surface area contributed by atoms with Crippen molar-refractivity contribution < 1.29 is 9.53 Å². The van der Waals surface area contributed by atoms with Crippen LogP contribution in [0.25, 0.3) is 0 Å². The number of hydrogen-bond donors (Lipinski definition) is 1. The average molecular weight is 291 g/mol. The molecule has 21 heavy (non-hydrogen) atoms. The Balaban J connectivity index is 2.00. The minimum atomic E-state index is -0.244. The number of aryl methyl sites for hydroxylation is 2. The zero-order valence-corrected chi connectivity index (χ0v) is 12.8. The summed E-state index contributed by atoms with van der Waals surface area (Å²) < 4.78 is 5.45. The van der Waals surface area contributed by atoms with Crippen LogP contribution in [-0.2, 0) is 22.4 Å². The number of amides is 1. The third kappa shape index (κ3) is 4.70. The molecule has 1 aromatic rings. The van der Waals surface area contributed by atoms with Gasteiger partial charge in [-0.3, -0.25) is 4.79 Å². The van der Waals surface area contributed by atoms with Crippen molar-refractivity contribution in [2.24, 2.45) is 5.73 Å². The lowest BCUT2D eigenvalue weighted by atomic mass is 10.0. The summed E-state index contributed by atoms with van der Waals surface area (Å²) >= 11 is 0. The molecule has 2 rings (SSSR count). The minimum Gasteiger partial charge on any atom is -0.380 e. The minimum absolute atomic E-state index is 0.244. The van der Waals surface area contributed by atoms with Gasteiger partial charge in [-0.25, -0.2) is 4.98 Å². The van der Waals surface area contributed by atoms with Crippen LogP contribution in [0.15, 0.2) is 12.1 Å². The molecule has 0 bridgehead atoms. The Hall–Kier alpha value is -1.62. The predicted octanol–water partition coefficient (Wildman–Crippen LogP) is 1.68. The van der Waals surface area contributed by atoms with Gasteiger partial charge in [-0.15, -0.1) is 0 Å². The number of carbonyl (C=O) groups excluding carboxylic acids is 1. The molecule has 2 heterocycles. The first kappa shape index (κ1) is 15.8. The molecule has 0 spiro atoms. The van der Waals surface area contributed by atoms with Crippen LogP contribution in [0, 0.1) is 0 Å². The predicted molar refractivity (Wildman–Crippen MR) is 83.4 cm³/mol. The van der Waals surface area contributed by atoms with Gasteiger partial charge < -0.3 is 15.4 Å². The van der Waals surface area contributed by atoms with E-state index in [2.05, 4.69) is 17.0 Å². The van der Waals surface area contributed by atoms with E-state index in [-0.39, 0.29) is 5.91 Å². The number of pyridine rings is 1. The number of nitrogens with zero attached hydrogens (tertiary/aromatic N) is 2. The first-order valence-electron chi connectivity index (χ1n) is 7.80. The molecule has 5 heteroatoms. The molecular weight excluding hydrogens is 266 g/mol. The zero-order valence-electron chi connectivity index (χ0n) is 12.8. The highest BCUT2D eigenvalue weighted by Gasteiger charge is 2.18. The molecule has 2 N–H and O–H groups in total. The second kappa shape index (κ2) is 7.98. The third-order valence-electron chi connectivity index (χ3n) is 3.75. The Morgan fingerprint density at radius 1 is 1.48 bits per heavy atom. The fourth-order valence-corrected chi connectivity index (χ4v) is 2.67. The van der Waals surface area contributed by atoms with Gasteiger partial charge in [0.2, 0.25) is 5.91 Å². The highest BCUT2D eigenvalue weighted by atomic mass is 16.5. The molecule has 0 radical (unpaired) electrons. The van der Waals surface area contributed by atoms with E-state index in [0.717, 1.165) is 57.1 Å². The van der Waals surface area contributed by atoms with E-state index < -0.39 is 0 Å². The molecular formula is C16H25N3O2. The third-order valence-corrected chi connectivity index (χ3v) is 3.75. The second-order valence-corrected chi connectivity index (χ2v) is 5.39. The monoisotopic (exact) mass is 291 g/mol. The summed E-state index contributed by atoms with van der Waals surface area (Å²) in [5.41, 5.74) is 7.53. The number of anilines is 1. The number of hydrogen-bond acceptors (Lipinski definition) is 4. The van der Waals surface area contributed by atoms with Crippen LogP contribution in [0.4, 0.5) is 5.82 Å². The van der Waals surface area contributed by atoms with Gasteiger partial charge in [0.05, 0.1) is 6.61 Å². The van der Waals surface area contributed by atoms with Crippen LogP contribution < -0.4 is 10.6 Å². The molecule has 0 aromatic carbocycles. The molecule has 1 aliphatic rings. The van der Waals surface area contributed by atoms with Gasteiger partial charge in [0.25, 0.3) is 0 Å². The fourth-order valence-electron chi connectivity index (χ4n) is 2.67. The molecule has 0 fully saturated rings. The van der Waals surface area contributed by atoms with Crippen LogP contribution in [0.5, 0.6) is 0 Å². The van der Waals surface area contributed by atoms with Gasteiger partial charge in [0.1, 0.15) is 5.82 Å². The molecule has 0 saturated carbocycles. The van der Waals surface area contributed by atoms with Crippen molar-refractivity contribution in [2.45, 2.75) is 39.0 Å². The number of fused-ring (bicyclic) bond motifs is 1. The van der Waals surface area contributed by atoms with Crippen molar-refractivity contribution in [3.8, 4) is 0 Å². The maximum Gasteiger partial charge on any atom is 0.217 e. The average Bonchev–Trinajstić information content (AvgIpc) is 2.47. The summed E-state index contributed by atoms with van der Waals surface area (Å²) in [5.74, 6) is 0.851. The lowest BCUT2D eigenvalue weighted by Gasteiger charge is -2.30. The van der Waals surface area contributed by atoms with Crippen molar-refractivity contribution in [2.75, 3.05) is 31.2 Å². The quantitative estimate of drug-likeness (QED) is 0.740. The summed E-state index contributed by atoms with van der Waals surface area (Å²) in [4.78, 5) is 17.9. The topological polar surface area (TPSA) is 68.5 Å². The van der Waals surface area contributed by atoms with E-state index in [0.29, 0.717) is 6.42 Å². The van der Waals surface area contributed by atoms with Crippen LogP contribution in [-0.4, -0.2) is 37.2 Å². The van der Waals surface area contributed by atoms with E-state index in [4.69, 9.17) is 15.5 Å². The van der Waals surface area contributed by atoms with Gasteiger partial charge in [-0.05, 0) is 44.2 Å². The van der Waals surface area contributed by atoms with Crippen LogP contribution in [0.3, 0.4) is 0 Å². The number of primary amides is 1. The number of rotatable bonds is 8. The Morgan fingerprint density at radius 3 is 3.10 bits per heavy atom. The van der Waals surface area contributed by atoms with E-state index in [1.165, 1.54) is 12.0 Å². The van der Waals surface area contributed by atoms with Gasteiger partial charge in [-0.1, -0.05) is 6.07 Å². The van der Waals surface area contributed by atoms with Crippen molar-refractivity contribution >= 4 is 11.7 Å². The lowest BCUT2D eigenvalue weighted by Crippen LogP contribution is -2.33. The van der Waals surface area contributed by atoms with E-state index in [9.17, 15) is 4.79 Å². The number of aromatic nitrogens is 1. The zero-order chi connectivity index (χ0) is 15.1. The molecule has 1 amide bonds. The smallest absolute Gasteiger partial charge is 0.217 e. The van der Waals surface area contributed by atoms with Crippen molar-refractivity contribution in [3.63, 3.8) is 0 Å². The highest BCUT2D eigenvalue weighted by Crippen LogP contribution is 2.25. The summed E-state index contributed by atoms with van der Waals surface area (Å²) in [7, 11) is 0. The van der Waals surface area contributed by atoms with Crippen molar-refractivity contribution in [1.29, 1.82) is 0 Å². The van der Waals surface area contributed by atoms with Crippen LogP contribution in [0.1, 0.15) is 37.4 Å². The number of ether oxygens (including phenoxy) is 1. The van der Waals surface area contributed by atoms with Gasteiger partial charge >= 0.3 is 0 Å². The van der Waals surface area contributed by atoms with Gasteiger partial charge in [-0.2, -0.15) is 0 Å². The number of carbonyl (C=O) groups is 1. The highest BCUT2D eigenvalue weighted by molar-refractivity contribution is 5.73. The van der Waals surface area contributed by atoms with Crippen molar-refractivity contribution in [3.05, 3.63) is 23.4 Å². The van der Waals surface area contributed by atoms with E-state index in [1.54, 1.807) is 0 Å². The SMILES string of the molecule is CCOCCN1CCCc2ccc(CCCC(N)=O)nc21. The molecule has 1 aliphatic heterocycles. The van der Waals surface area contributed by atoms with Gasteiger partial charge in [0.15, 0.2) is 0 Å². The summed E-state index contributed by atoms with van der Waals surface area (Å²) in [6, 6.07) is 4.25. The summed E-state index contributed by atoms with van der Waals surface area (Å²) in [6.45, 7) is 5.43. The lowest BCUT2D eigenvalue weighted by molar-refractivity contribution is -0.118. The number of nitrogens with two attached hydrogens (primary N) is 1. The van der Waals surface area contributed by atoms with Crippen LogP contribution in [0.2, 0.25) is 0 Å². The maximum atomic E-state index is 10.8. The normalized spacial score (nSPS) is 14.0. The van der Waals surface area contributed by atoms with E-state index >= 15 is 0 Å². The maximum absolute atomic E-state index is 10.8. The van der Waals surface area contributed by atoms with Crippen molar-refractivity contribution in [1.82, 2.24) is 4.98 Å². The molecule has 5 nitrogen and oxygen atoms in total. The Labute approximate surface area is 126 Å². The van der Waals surface area contributed by atoms with E-state index in [1.807, 2.05) is 6.92 Å². The molecule has 1 aromatic heterocycles. The molecule has 0 saturated heterocycles. The molecule has 0 unspecified atom stereocenters. The fraction of sp³-hybridized carbons (Fsp3) is 0.625. The summed E-state index contributed by atoms with van der Waals surface area (Å²) in [6.07, 6.45) is 4.25. The Morgan fingerprint density at radius 2 is 2.33 bits per heavy atom. The Kier molecular flexibility index (Phi) is 5.99. The molecule has 0 atom stereocenters. The molecule has 0 aliphatic carbocycles. The van der Waals surface area contributed by atoms with Gasteiger partial charge in [0, 0.05) is 31.8 Å².